The molecular weight excluding hydrogens is 321 g/mol. The molecule has 3 aromatic carbocycles. The van der Waals surface area contributed by atoms with Crippen LogP contribution in [-0.4, -0.2) is 5.11 Å². The van der Waals surface area contributed by atoms with Crippen LogP contribution < -0.4 is 5.32 Å². The Bertz CT molecular complexity index is 833. The molecule has 0 saturated heterocycles. The summed E-state index contributed by atoms with van der Waals surface area (Å²) in [5.74, 6) is -0.969. The average Bonchev–Trinajstić information content (AvgIpc) is 2.59. The highest BCUT2D eigenvalue weighted by Gasteiger charge is 2.08. The maximum Gasteiger partial charge on any atom is 0.174 e. The lowest BCUT2D eigenvalue weighted by Gasteiger charge is -2.12. The molecule has 0 atom stereocenters. The minimum atomic E-state index is -0.623. The fourth-order valence-electron chi connectivity index (χ4n) is 2.33. The summed E-state index contributed by atoms with van der Waals surface area (Å²) in [6.07, 6.45) is 0. The van der Waals surface area contributed by atoms with Crippen LogP contribution in [0.5, 0.6) is 5.75 Å². The van der Waals surface area contributed by atoms with Crippen LogP contribution in [0.15, 0.2) is 76.5 Å². The Morgan fingerprint density at radius 1 is 0.958 bits per heavy atom. The van der Waals surface area contributed by atoms with E-state index in [1.54, 1.807) is 23.9 Å². The number of phenols is 1. The second-order valence-corrected chi connectivity index (χ2v) is 6.63. The maximum atomic E-state index is 13.4. The van der Waals surface area contributed by atoms with Gasteiger partial charge in [-0.2, -0.15) is 0 Å². The molecular formula is C20H18FNOS. The topological polar surface area (TPSA) is 32.3 Å². The second-order valence-electron chi connectivity index (χ2n) is 5.51. The summed E-state index contributed by atoms with van der Waals surface area (Å²) in [7, 11) is 0. The highest BCUT2D eigenvalue weighted by molar-refractivity contribution is 7.99. The van der Waals surface area contributed by atoms with Gasteiger partial charge in [0.15, 0.2) is 11.6 Å². The summed E-state index contributed by atoms with van der Waals surface area (Å²) in [6, 6.07) is 20.9. The molecule has 24 heavy (non-hydrogen) atoms. The number of anilines is 1. The minimum Gasteiger partial charge on any atom is -0.503 e. The van der Waals surface area contributed by atoms with Crippen molar-refractivity contribution in [1.82, 2.24) is 0 Å². The number of phenolic OH excluding ortho intramolecular Hbond substituents is 1. The lowest BCUT2D eigenvalue weighted by Crippen LogP contribution is -2.01. The van der Waals surface area contributed by atoms with Crippen molar-refractivity contribution in [1.29, 1.82) is 0 Å². The number of rotatable bonds is 5. The first-order valence-electron chi connectivity index (χ1n) is 7.67. The predicted molar refractivity (Wildman–Crippen MR) is 97.1 cm³/mol. The first-order valence-corrected chi connectivity index (χ1v) is 8.49. The van der Waals surface area contributed by atoms with Gasteiger partial charge in [-0.1, -0.05) is 53.7 Å². The molecule has 0 aliphatic rings. The van der Waals surface area contributed by atoms with E-state index in [2.05, 4.69) is 42.6 Å². The van der Waals surface area contributed by atoms with Gasteiger partial charge in [0.1, 0.15) is 0 Å². The highest BCUT2D eigenvalue weighted by Crippen LogP contribution is 2.32. The van der Waals surface area contributed by atoms with Gasteiger partial charge in [0.25, 0.3) is 0 Å². The molecule has 0 unspecified atom stereocenters. The highest BCUT2D eigenvalue weighted by atomic mass is 32.2. The monoisotopic (exact) mass is 339 g/mol. The van der Waals surface area contributed by atoms with Crippen molar-refractivity contribution >= 4 is 17.4 Å². The summed E-state index contributed by atoms with van der Waals surface area (Å²) >= 11 is 1.69. The number of benzene rings is 3. The first kappa shape index (κ1) is 16.4. The zero-order valence-corrected chi connectivity index (χ0v) is 14.1. The zero-order chi connectivity index (χ0) is 16.9. The van der Waals surface area contributed by atoms with E-state index in [1.807, 2.05) is 18.2 Å². The third kappa shape index (κ3) is 3.89. The molecule has 0 saturated carbocycles. The van der Waals surface area contributed by atoms with Crippen LogP contribution in [-0.2, 0) is 6.54 Å². The van der Waals surface area contributed by atoms with E-state index in [1.165, 1.54) is 16.5 Å². The van der Waals surface area contributed by atoms with Crippen molar-refractivity contribution in [2.75, 3.05) is 5.32 Å². The molecule has 122 valence electrons. The molecule has 3 aromatic rings. The second kappa shape index (κ2) is 7.41. The van der Waals surface area contributed by atoms with E-state index < -0.39 is 5.82 Å². The number of hydrogen-bond donors (Lipinski definition) is 2. The van der Waals surface area contributed by atoms with E-state index in [9.17, 15) is 9.50 Å². The van der Waals surface area contributed by atoms with Crippen LogP contribution in [0.4, 0.5) is 10.1 Å². The Morgan fingerprint density at radius 2 is 1.71 bits per heavy atom. The fraction of sp³-hybridized carbons (Fsp3) is 0.100. The van der Waals surface area contributed by atoms with Crippen LogP contribution in [0, 0.1) is 12.7 Å². The van der Waals surface area contributed by atoms with Gasteiger partial charge in [-0.3, -0.25) is 0 Å². The molecule has 0 amide bonds. The maximum absolute atomic E-state index is 13.4. The Kier molecular flexibility index (Phi) is 5.06. The van der Waals surface area contributed by atoms with Crippen molar-refractivity contribution in [2.45, 2.75) is 23.3 Å². The standard InChI is InChI=1S/C20H18FNOS/c1-14-9-11-16(12-10-14)24-19-8-3-2-5-15(19)13-22-18-7-4-6-17(21)20(18)23/h2-12,22-23H,13H2,1H3. The molecule has 4 heteroatoms. The number of halogens is 1. The summed E-state index contributed by atoms with van der Waals surface area (Å²) in [4.78, 5) is 2.30. The Hall–Kier alpha value is -2.46. The smallest absolute Gasteiger partial charge is 0.174 e. The van der Waals surface area contributed by atoms with Crippen molar-refractivity contribution in [2.24, 2.45) is 0 Å². The van der Waals surface area contributed by atoms with Gasteiger partial charge in [-0.15, -0.1) is 0 Å². The Morgan fingerprint density at radius 3 is 2.50 bits per heavy atom. The number of aryl methyl sites for hydroxylation is 1. The molecule has 3 rings (SSSR count). The Balaban J connectivity index is 1.76. The molecule has 0 radical (unpaired) electrons. The fourth-order valence-corrected chi connectivity index (χ4v) is 3.28. The minimum absolute atomic E-state index is 0.346. The van der Waals surface area contributed by atoms with Crippen LogP contribution in [0.1, 0.15) is 11.1 Å². The van der Waals surface area contributed by atoms with Crippen molar-refractivity contribution in [3.8, 4) is 5.75 Å². The van der Waals surface area contributed by atoms with Crippen LogP contribution in [0.2, 0.25) is 0 Å². The third-order valence-electron chi connectivity index (χ3n) is 3.68. The first-order chi connectivity index (χ1) is 11.6. The van der Waals surface area contributed by atoms with Gasteiger partial charge < -0.3 is 10.4 Å². The molecule has 0 fully saturated rings. The zero-order valence-electron chi connectivity index (χ0n) is 13.3. The van der Waals surface area contributed by atoms with Crippen LogP contribution >= 0.6 is 11.8 Å². The van der Waals surface area contributed by atoms with Gasteiger partial charge in [0, 0.05) is 16.3 Å². The molecule has 2 nitrogen and oxygen atoms in total. The normalized spacial score (nSPS) is 10.6. The summed E-state index contributed by atoms with van der Waals surface area (Å²) in [5, 5.41) is 12.9. The lowest BCUT2D eigenvalue weighted by molar-refractivity contribution is 0.434. The molecule has 0 heterocycles. The van der Waals surface area contributed by atoms with Crippen molar-refractivity contribution in [3.63, 3.8) is 0 Å². The number of nitrogens with one attached hydrogen (secondary N) is 1. The average molecular weight is 339 g/mol. The van der Waals surface area contributed by atoms with Crippen molar-refractivity contribution < 1.29 is 9.50 Å². The SMILES string of the molecule is Cc1ccc(Sc2ccccc2CNc2cccc(F)c2O)cc1. The van der Waals surface area contributed by atoms with Gasteiger partial charge in [0.05, 0.1) is 5.69 Å². The van der Waals surface area contributed by atoms with E-state index in [0.717, 1.165) is 10.5 Å². The molecule has 0 spiro atoms. The molecule has 0 aliphatic heterocycles. The number of hydrogen-bond acceptors (Lipinski definition) is 3. The number of para-hydroxylation sites is 1. The number of aromatic hydroxyl groups is 1. The summed E-state index contributed by atoms with van der Waals surface area (Å²) in [6.45, 7) is 2.57. The summed E-state index contributed by atoms with van der Waals surface area (Å²) in [5.41, 5.74) is 2.72. The van der Waals surface area contributed by atoms with Gasteiger partial charge in [-0.05, 0) is 42.8 Å². The van der Waals surface area contributed by atoms with E-state index >= 15 is 0 Å². The van der Waals surface area contributed by atoms with Crippen LogP contribution in [0.3, 0.4) is 0 Å². The van der Waals surface area contributed by atoms with E-state index in [0.29, 0.717) is 12.2 Å². The molecule has 0 aromatic heterocycles. The van der Waals surface area contributed by atoms with E-state index in [4.69, 9.17) is 0 Å². The van der Waals surface area contributed by atoms with Gasteiger partial charge in [0.2, 0.25) is 0 Å². The molecule has 0 aliphatic carbocycles. The quantitative estimate of drug-likeness (QED) is 0.593. The predicted octanol–water partition coefficient (Wildman–Crippen LogP) is 5.60. The molecule has 0 bridgehead atoms. The van der Waals surface area contributed by atoms with Crippen molar-refractivity contribution in [3.05, 3.63) is 83.7 Å². The third-order valence-corrected chi connectivity index (χ3v) is 4.80. The van der Waals surface area contributed by atoms with E-state index in [-0.39, 0.29) is 5.75 Å². The largest absolute Gasteiger partial charge is 0.503 e. The summed E-state index contributed by atoms with van der Waals surface area (Å²) < 4.78 is 13.4. The molecule has 2 N–H and O–H groups in total. The Labute approximate surface area is 145 Å². The van der Waals surface area contributed by atoms with Gasteiger partial charge in [-0.25, -0.2) is 4.39 Å². The lowest BCUT2D eigenvalue weighted by atomic mass is 10.2. The van der Waals surface area contributed by atoms with Crippen LogP contribution in [0.25, 0.3) is 0 Å². The van der Waals surface area contributed by atoms with Gasteiger partial charge >= 0.3 is 0 Å².